The molecule has 5 nitrogen and oxygen atoms in total. The van der Waals surface area contributed by atoms with Gasteiger partial charge in [0.25, 0.3) is 5.91 Å². The lowest BCUT2D eigenvalue weighted by Gasteiger charge is -2.16. The van der Waals surface area contributed by atoms with Crippen LogP contribution in [0.4, 0.5) is 15.8 Å². The molecule has 1 unspecified atom stereocenters. The smallest absolute Gasteiger partial charge is 0.265 e. The third-order valence-corrected chi connectivity index (χ3v) is 3.37. The van der Waals surface area contributed by atoms with Crippen molar-refractivity contribution in [2.75, 3.05) is 10.6 Å². The van der Waals surface area contributed by atoms with Gasteiger partial charge in [-0.2, -0.15) is 0 Å². The summed E-state index contributed by atoms with van der Waals surface area (Å²) >= 11 is 5.97. The highest BCUT2D eigenvalue weighted by molar-refractivity contribution is 6.32. The predicted octanol–water partition coefficient (Wildman–Crippen LogP) is 3.84. The Morgan fingerprint density at radius 1 is 1.17 bits per heavy atom. The van der Waals surface area contributed by atoms with Crippen molar-refractivity contribution in [3.8, 4) is 5.75 Å². The molecule has 0 heterocycles. The Balaban J connectivity index is 2.08. The summed E-state index contributed by atoms with van der Waals surface area (Å²) in [5, 5.41) is 5.32. The van der Waals surface area contributed by atoms with E-state index in [0.717, 1.165) is 6.07 Å². The van der Waals surface area contributed by atoms with Gasteiger partial charge in [-0.1, -0.05) is 23.7 Å². The van der Waals surface area contributed by atoms with Gasteiger partial charge in [0.1, 0.15) is 11.6 Å². The Kier molecular flexibility index (Phi) is 5.76. The fraction of sp³-hybridized carbons (Fsp3) is 0.176. The zero-order valence-corrected chi connectivity index (χ0v) is 13.9. The number of rotatable bonds is 5. The van der Waals surface area contributed by atoms with Gasteiger partial charge in [-0.05, 0) is 37.3 Å². The van der Waals surface area contributed by atoms with E-state index in [1.807, 2.05) is 0 Å². The number of para-hydroxylation sites is 1. The van der Waals surface area contributed by atoms with Gasteiger partial charge in [-0.3, -0.25) is 9.59 Å². The van der Waals surface area contributed by atoms with Gasteiger partial charge >= 0.3 is 0 Å². The first-order valence-corrected chi connectivity index (χ1v) is 7.54. The molecule has 126 valence electrons. The first-order valence-electron chi connectivity index (χ1n) is 7.16. The average Bonchev–Trinajstić information content (AvgIpc) is 2.52. The number of hydrogen-bond donors (Lipinski definition) is 2. The largest absolute Gasteiger partial charge is 0.479 e. The Bertz CT molecular complexity index is 767. The van der Waals surface area contributed by atoms with Gasteiger partial charge in [-0.15, -0.1) is 0 Å². The summed E-state index contributed by atoms with van der Waals surface area (Å²) in [7, 11) is 0. The van der Waals surface area contributed by atoms with Crippen LogP contribution in [0.2, 0.25) is 5.02 Å². The highest BCUT2D eigenvalue weighted by Crippen LogP contribution is 2.25. The lowest BCUT2D eigenvalue weighted by molar-refractivity contribution is -0.122. The summed E-state index contributed by atoms with van der Waals surface area (Å²) < 4.78 is 19.3. The predicted molar refractivity (Wildman–Crippen MR) is 90.9 cm³/mol. The van der Waals surface area contributed by atoms with Crippen molar-refractivity contribution < 1.29 is 18.7 Å². The van der Waals surface area contributed by atoms with Crippen LogP contribution in [0.5, 0.6) is 5.75 Å². The molecule has 0 aliphatic carbocycles. The van der Waals surface area contributed by atoms with Crippen molar-refractivity contribution in [1.82, 2.24) is 0 Å². The number of ether oxygens (including phenoxy) is 1. The first kappa shape index (κ1) is 17.7. The van der Waals surface area contributed by atoms with Crippen molar-refractivity contribution in [1.29, 1.82) is 0 Å². The van der Waals surface area contributed by atoms with Crippen LogP contribution in [0.3, 0.4) is 0 Å². The molecule has 0 aliphatic rings. The SMILES string of the molecule is CC(=O)Nc1ccc(F)c(NC(=O)C(C)Oc2ccccc2Cl)c1. The molecule has 0 bridgehead atoms. The van der Waals surface area contributed by atoms with Gasteiger partial charge in [0.15, 0.2) is 6.10 Å². The van der Waals surface area contributed by atoms with Crippen molar-refractivity contribution in [2.24, 2.45) is 0 Å². The van der Waals surface area contributed by atoms with Crippen molar-refractivity contribution in [2.45, 2.75) is 20.0 Å². The summed E-state index contributed by atoms with van der Waals surface area (Å²) in [6.45, 7) is 2.86. The molecule has 2 aromatic rings. The minimum atomic E-state index is -0.895. The van der Waals surface area contributed by atoms with Crippen molar-refractivity contribution in [3.63, 3.8) is 0 Å². The molecule has 0 aliphatic heterocycles. The lowest BCUT2D eigenvalue weighted by Crippen LogP contribution is -2.30. The Hall–Kier alpha value is -2.60. The lowest BCUT2D eigenvalue weighted by atomic mass is 10.2. The highest BCUT2D eigenvalue weighted by Gasteiger charge is 2.18. The van der Waals surface area contributed by atoms with Crippen molar-refractivity contribution in [3.05, 3.63) is 53.3 Å². The maximum Gasteiger partial charge on any atom is 0.265 e. The molecule has 2 aromatic carbocycles. The minimum absolute atomic E-state index is 0.0548. The van der Waals surface area contributed by atoms with Gasteiger partial charge in [-0.25, -0.2) is 4.39 Å². The van der Waals surface area contributed by atoms with E-state index in [0.29, 0.717) is 16.5 Å². The molecule has 0 fully saturated rings. The monoisotopic (exact) mass is 350 g/mol. The fourth-order valence-corrected chi connectivity index (χ4v) is 2.10. The number of anilines is 2. The van der Waals surface area contributed by atoms with E-state index in [4.69, 9.17) is 16.3 Å². The third kappa shape index (κ3) is 4.70. The summed E-state index contributed by atoms with van der Waals surface area (Å²) in [5.41, 5.74) is 0.319. The van der Waals surface area contributed by atoms with Crippen LogP contribution in [-0.2, 0) is 9.59 Å². The van der Waals surface area contributed by atoms with Gasteiger partial charge in [0.2, 0.25) is 5.91 Å². The van der Waals surface area contributed by atoms with Crippen LogP contribution in [0.25, 0.3) is 0 Å². The molecule has 0 aromatic heterocycles. The van der Waals surface area contributed by atoms with E-state index in [1.54, 1.807) is 24.3 Å². The quantitative estimate of drug-likeness (QED) is 0.860. The zero-order valence-electron chi connectivity index (χ0n) is 13.1. The molecule has 2 N–H and O–H groups in total. The zero-order chi connectivity index (χ0) is 17.7. The van der Waals surface area contributed by atoms with Gasteiger partial charge in [0.05, 0.1) is 10.7 Å². The summed E-state index contributed by atoms with van der Waals surface area (Å²) in [6, 6.07) is 10.6. The van der Waals surface area contributed by atoms with E-state index in [9.17, 15) is 14.0 Å². The second-order valence-electron chi connectivity index (χ2n) is 5.06. The van der Waals surface area contributed by atoms with Crippen LogP contribution in [0.1, 0.15) is 13.8 Å². The maximum absolute atomic E-state index is 13.8. The second-order valence-corrected chi connectivity index (χ2v) is 5.46. The molecule has 1 atom stereocenters. The highest BCUT2D eigenvalue weighted by atomic mass is 35.5. The topological polar surface area (TPSA) is 67.4 Å². The average molecular weight is 351 g/mol. The Morgan fingerprint density at radius 2 is 1.88 bits per heavy atom. The maximum atomic E-state index is 13.8. The van der Waals surface area contributed by atoms with Gasteiger partial charge in [0, 0.05) is 12.6 Å². The van der Waals surface area contributed by atoms with Gasteiger partial charge < -0.3 is 15.4 Å². The van der Waals surface area contributed by atoms with E-state index in [-0.39, 0.29) is 11.6 Å². The van der Waals surface area contributed by atoms with E-state index in [1.165, 1.54) is 26.0 Å². The fourth-order valence-electron chi connectivity index (χ4n) is 1.92. The van der Waals surface area contributed by atoms with E-state index < -0.39 is 17.8 Å². The molecule has 2 rings (SSSR count). The number of carbonyl (C=O) groups is 2. The summed E-state index contributed by atoms with van der Waals surface area (Å²) in [5.74, 6) is -1.11. The first-order chi connectivity index (χ1) is 11.4. The van der Waals surface area contributed by atoms with E-state index in [2.05, 4.69) is 10.6 Å². The minimum Gasteiger partial charge on any atom is -0.479 e. The number of benzene rings is 2. The van der Waals surface area contributed by atoms with Crippen LogP contribution < -0.4 is 15.4 Å². The molecule has 0 radical (unpaired) electrons. The number of amides is 2. The Labute approximate surface area is 143 Å². The van der Waals surface area contributed by atoms with E-state index >= 15 is 0 Å². The molecule has 24 heavy (non-hydrogen) atoms. The third-order valence-electron chi connectivity index (χ3n) is 3.05. The molecule has 7 heteroatoms. The molecule has 0 saturated carbocycles. The molecule has 2 amide bonds. The number of nitrogens with one attached hydrogen (secondary N) is 2. The standard InChI is InChI=1S/C17H16ClFN2O3/c1-10(24-16-6-4-3-5-13(16)18)17(23)21-15-9-12(20-11(2)22)7-8-14(15)19/h3-10H,1-2H3,(H,20,22)(H,21,23). The van der Waals surface area contributed by atoms with Crippen LogP contribution in [-0.4, -0.2) is 17.9 Å². The Morgan fingerprint density at radius 3 is 2.54 bits per heavy atom. The number of hydrogen-bond acceptors (Lipinski definition) is 3. The molecule has 0 spiro atoms. The summed E-state index contributed by atoms with van der Waals surface area (Å²) in [4.78, 5) is 23.2. The molecule has 0 saturated heterocycles. The van der Waals surface area contributed by atoms with Crippen LogP contribution >= 0.6 is 11.6 Å². The number of halogens is 2. The van der Waals surface area contributed by atoms with Crippen LogP contribution in [0.15, 0.2) is 42.5 Å². The van der Waals surface area contributed by atoms with Crippen molar-refractivity contribution >= 4 is 34.8 Å². The summed E-state index contributed by atoms with van der Waals surface area (Å²) in [6.07, 6.45) is -0.895. The normalized spacial score (nSPS) is 11.5. The van der Waals surface area contributed by atoms with Crippen LogP contribution in [0, 0.1) is 5.82 Å². The second kappa shape index (κ2) is 7.79. The number of carbonyl (C=O) groups excluding carboxylic acids is 2. The molecular formula is C17H16ClFN2O3. The molecular weight excluding hydrogens is 335 g/mol.